The number of amides is 1. The summed E-state index contributed by atoms with van der Waals surface area (Å²) in [5.74, 6) is 0.0405. The van der Waals surface area contributed by atoms with Crippen LogP contribution in [0.3, 0.4) is 0 Å². The molecule has 0 N–H and O–H groups in total. The highest BCUT2D eigenvalue weighted by atomic mass is 32.1. The number of alkyl halides is 3. The summed E-state index contributed by atoms with van der Waals surface area (Å²) in [6, 6.07) is 5.01. The number of hydrogen-bond donors (Lipinski definition) is 0. The van der Waals surface area contributed by atoms with Gasteiger partial charge in [0, 0.05) is 44.2 Å². The number of thiazole rings is 1. The molecule has 0 bridgehead atoms. The molecule has 4 nitrogen and oxygen atoms in total. The first kappa shape index (κ1) is 17.7. The van der Waals surface area contributed by atoms with Gasteiger partial charge in [-0.2, -0.15) is 13.2 Å². The van der Waals surface area contributed by atoms with E-state index in [0.29, 0.717) is 25.9 Å². The molecule has 134 valence electrons. The summed E-state index contributed by atoms with van der Waals surface area (Å²) < 4.78 is 37.6. The molecular weight excluding hydrogens is 351 g/mol. The van der Waals surface area contributed by atoms with E-state index in [1.807, 2.05) is 10.3 Å². The molecule has 0 atom stereocenters. The fourth-order valence-electron chi connectivity index (χ4n) is 2.79. The van der Waals surface area contributed by atoms with Gasteiger partial charge < -0.3 is 9.80 Å². The highest BCUT2D eigenvalue weighted by Gasteiger charge is 2.30. The van der Waals surface area contributed by atoms with Gasteiger partial charge in [-0.3, -0.25) is 4.79 Å². The van der Waals surface area contributed by atoms with Crippen LogP contribution in [0, 0.1) is 0 Å². The van der Waals surface area contributed by atoms with Crippen molar-refractivity contribution in [3.05, 3.63) is 47.0 Å². The van der Waals surface area contributed by atoms with Crippen LogP contribution < -0.4 is 4.90 Å². The summed E-state index contributed by atoms with van der Waals surface area (Å²) in [5, 5.41) is 2.90. The second-order valence-electron chi connectivity index (χ2n) is 5.88. The molecule has 1 saturated heterocycles. The monoisotopic (exact) mass is 369 g/mol. The molecule has 1 aliphatic rings. The number of halogens is 3. The quantitative estimate of drug-likeness (QED) is 0.828. The number of anilines is 1. The van der Waals surface area contributed by atoms with Crippen molar-refractivity contribution < 1.29 is 18.0 Å². The average molecular weight is 369 g/mol. The normalized spacial score (nSPS) is 15.5. The molecule has 1 aromatic heterocycles. The van der Waals surface area contributed by atoms with Gasteiger partial charge in [0.15, 0.2) is 5.13 Å². The van der Waals surface area contributed by atoms with Crippen molar-refractivity contribution in [2.75, 3.05) is 31.1 Å². The molecule has 0 spiro atoms. The van der Waals surface area contributed by atoms with Crippen molar-refractivity contribution in [2.24, 2.45) is 0 Å². The third-order valence-electron chi connectivity index (χ3n) is 4.23. The Hall–Kier alpha value is -2.09. The fourth-order valence-corrected chi connectivity index (χ4v) is 3.49. The van der Waals surface area contributed by atoms with E-state index in [4.69, 9.17) is 0 Å². The number of rotatable bonds is 4. The minimum absolute atomic E-state index is 0.0405. The summed E-state index contributed by atoms with van der Waals surface area (Å²) >= 11 is 1.58. The molecule has 2 heterocycles. The lowest BCUT2D eigenvalue weighted by atomic mass is 10.1. The molecule has 8 heteroatoms. The Bertz CT molecular complexity index is 693. The van der Waals surface area contributed by atoms with E-state index in [-0.39, 0.29) is 5.91 Å². The van der Waals surface area contributed by atoms with Crippen LogP contribution in [0.5, 0.6) is 0 Å². The SMILES string of the molecule is O=C(CCc1ccc(C(F)(F)F)cc1)N1CCN(c2nccs2)CC1. The van der Waals surface area contributed by atoms with Crippen molar-refractivity contribution >= 4 is 22.4 Å². The van der Waals surface area contributed by atoms with E-state index < -0.39 is 11.7 Å². The third kappa shape index (κ3) is 4.50. The number of benzene rings is 1. The molecule has 0 radical (unpaired) electrons. The van der Waals surface area contributed by atoms with Crippen LogP contribution in [0.1, 0.15) is 17.5 Å². The maximum absolute atomic E-state index is 12.5. The number of aromatic nitrogens is 1. The van der Waals surface area contributed by atoms with E-state index in [2.05, 4.69) is 9.88 Å². The van der Waals surface area contributed by atoms with Crippen molar-refractivity contribution in [2.45, 2.75) is 19.0 Å². The Labute approximate surface area is 147 Å². The zero-order chi connectivity index (χ0) is 17.9. The highest BCUT2D eigenvalue weighted by molar-refractivity contribution is 7.13. The van der Waals surface area contributed by atoms with Crippen molar-refractivity contribution in [3.8, 4) is 0 Å². The molecule has 1 aromatic carbocycles. The molecule has 1 amide bonds. The van der Waals surface area contributed by atoms with Crippen LogP contribution in [0.4, 0.5) is 18.3 Å². The number of carbonyl (C=O) groups is 1. The standard InChI is InChI=1S/C17H18F3N3OS/c18-17(19,20)14-4-1-13(2-5-14)3-6-15(24)22-8-10-23(11-9-22)16-21-7-12-25-16/h1-2,4-5,7,12H,3,6,8-11H2. The van der Waals surface area contributed by atoms with E-state index in [9.17, 15) is 18.0 Å². The maximum Gasteiger partial charge on any atom is 0.416 e. The molecule has 1 fully saturated rings. The van der Waals surface area contributed by atoms with E-state index >= 15 is 0 Å². The number of aryl methyl sites for hydroxylation is 1. The minimum Gasteiger partial charge on any atom is -0.345 e. The van der Waals surface area contributed by atoms with Crippen molar-refractivity contribution in [3.63, 3.8) is 0 Å². The van der Waals surface area contributed by atoms with Crippen LogP contribution in [-0.2, 0) is 17.4 Å². The van der Waals surface area contributed by atoms with E-state index in [1.54, 1.807) is 17.5 Å². The topological polar surface area (TPSA) is 36.4 Å². The van der Waals surface area contributed by atoms with Crippen LogP contribution in [-0.4, -0.2) is 42.0 Å². The van der Waals surface area contributed by atoms with E-state index in [1.165, 1.54) is 12.1 Å². The Balaban J connectivity index is 1.47. The van der Waals surface area contributed by atoms with Gasteiger partial charge in [-0.05, 0) is 24.1 Å². The van der Waals surface area contributed by atoms with Gasteiger partial charge in [0.2, 0.25) is 5.91 Å². The summed E-state index contributed by atoms with van der Waals surface area (Å²) in [6.07, 6.45) is -1.81. The summed E-state index contributed by atoms with van der Waals surface area (Å²) in [7, 11) is 0. The van der Waals surface area contributed by atoms with Crippen molar-refractivity contribution in [1.29, 1.82) is 0 Å². The van der Waals surface area contributed by atoms with Crippen LogP contribution in [0.2, 0.25) is 0 Å². The molecule has 2 aromatic rings. The van der Waals surface area contributed by atoms with Crippen LogP contribution >= 0.6 is 11.3 Å². The van der Waals surface area contributed by atoms with Gasteiger partial charge in [-0.25, -0.2) is 4.98 Å². The van der Waals surface area contributed by atoms with Gasteiger partial charge in [-0.15, -0.1) is 11.3 Å². The summed E-state index contributed by atoms with van der Waals surface area (Å²) in [4.78, 5) is 20.5. The van der Waals surface area contributed by atoms with Gasteiger partial charge in [0.05, 0.1) is 5.56 Å². The lowest BCUT2D eigenvalue weighted by Crippen LogP contribution is -2.48. The van der Waals surface area contributed by atoms with Crippen LogP contribution in [0.25, 0.3) is 0 Å². The Morgan fingerprint density at radius 1 is 1.12 bits per heavy atom. The number of carbonyl (C=O) groups excluding carboxylic acids is 1. The molecule has 25 heavy (non-hydrogen) atoms. The zero-order valence-electron chi connectivity index (χ0n) is 13.5. The fraction of sp³-hybridized carbons (Fsp3) is 0.412. The number of nitrogens with zero attached hydrogens (tertiary/aromatic N) is 3. The molecule has 0 unspecified atom stereocenters. The smallest absolute Gasteiger partial charge is 0.345 e. The second kappa shape index (κ2) is 7.43. The lowest BCUT2D eigenvalue weighted by Gasteiger charge is -2.34. The van der Waals surface area contributed by atoms with Gasteiger partial charge in [-0.1, -0.05) is 12.1 Å². The summed E-state index contributed by atoms with van der Waals surface area (Å²) in [6.45, 7) is 2.79. The Morgan fingerprint density at radius 2 is 1.80 bits per heavy atom. The molecule has 3 rings (SSSR count). The average Bonchev–Trinajstić information content (AvgIpc) is 3.14. The van der Waals surface area contributed by atoms with Crippen molar-refractivity contribution in [1.82, 2.24) is 9.88 Å². The van der Waals surface area contributed by atoms with Gasteiger partial charge in [0.1, 0.15) is 0 Å². The third-order valence-corrected chi connectivity index (χ3v) is 5.06. The number of piperazine rings is 1. The largest absolute Gasteiger partial charge is 0.416 e. The Kier molecular flexibility index (Phi) is 5.27. The van der Waals surface area contributed by atoms with Gasteiger partial charge in [0.25, 0.3) is 0 Å². The predicted molar refractivity (Wildman–Crippen MR) is 90.7 cm³/mol. The van der Waals surface area contributed by atoms with Gasteiger partial charge >= 0.3 is 6.18 Å². The first-order valence-corrected chi connectivity index (χ1v) is 8.90. The molecular formula is C17H18F3N3OS. The minimum atomic E-state index is -4.33. The summed E-state index contributed by atoms with van der Waals surface area (Å²) in [5.41, 5.74) is 0.0728. The number of hydrogen-bond acceptors (Lipinski definition) is 4. The van der Waals surface area contributed by atoms with Crippen LogP contribution in [0.15, 0.2) is 35.8 Å². The van der Waals surface area contributed by atoms with E-state index in [0.717, 1.165) is 35.9 Å². The molecule has 0 aliphatic carbocycles. The molecule has 1 aliphatic heterocycles. The predicted octanol–water partition coefficient (Wildman–Crippen LogP) is 3.44. The first-order valence-electron chi connectivity index (χ1n) is 8.02. The Morgan fingerprint density at radius 3 is 2.36 bits per heavy atom. The lowest BCUT2D eigenvalue weighted by molar-refractivity contribution is -0.137. The highest BCUT2D eigenvalue weighted by Crippen LogP contribution is 2.29. The maximum atomic E-state index is 12.5. The zero-order valence-corrected chi connectivity index (χ0v) is 14.3. The first-order chi connectivity index (χ1) is 11.9. The second-order valence-corrected chi connectivity index (χ2v) is 6.75. The molecule has 0 saturated carbocycles.